The van der Waals surface area contributed by atoms with Gasteiger partial charge in [0.15, 0.2) is 0 Å². The molecule has 0 saturated carbocycles. The van der Waals surface area contributed by atoms with E-state index < -0.39 is 12.1 Å². The van der Waals surface area contributed by atoms with Gasteiger partial charge in [-0.1, -0.05) is 54.6 Å². The highest BCUT2D eigenvalue weighted by Gasteiger charge is 2.18. The average Bonchev–Trinajstić information content (AvgIpc) is 3.23. The Bertz CT molecular complexity index is 1570. The minimum atomic E-state index is -1.40. The summed E-state index contributed by atoms with van der Waals surface area (Å²) in [5, 5.41) is 12.3. The van der Waals surface area contributed by atoms with E-state index in [0.717, 1.165) is 33.0 Å². The highest BCUT2D eigenvalue weighted by atomic mass is 16.7. The number of nitrogens with one attached hydrogen (secondary N) is 1. The number of para-hydroxylation sites is 1. The lowest BCUT2D eigenvalue weighted by molar-refractivity contribution is 0.0999. The van der Waals surface area contributed by atoms with Crippen molar-refractivity contribution in [3.63, 3.8) is 0 Å². The molecule has 2 heterocycles. The summed E-state index contributed by atoms with van der Waals surface area (Å²) in [6.07, 6.45) is 1.19. The Balaban J connectivity index is 1.41. The number of carbonyl (C=O) groups excluding carboxylic acids is 1. The van der Waals surface area contributed by atoms with Gasteiger partial charge in [-0.15, -0.1) is 0 Å². The number of nitrogens with two attached hydrogens (primary N) is 1. The van der Waals surface area contributed by atoms with E-state index in [-0.39, 0.29) is 5.88 Å². The molecular formula is C28H23N3O5. The van der Waals surface area contributed by atoms with Gasteiger partial charge in [0.1, 0.15) is 5.75 Å². The molecule has 0 fully saturated rings. The minimum absolute atomic E-state index is 0.170. The van der Waals surface area contributed by atoms with Crippen LogP contribution in [0.25, 0.3) is 32.9 Å². The number of nitrogens with zero attached hydrogens (tertiary/aromatic N) is 1. The van der Waals surface area contributed by atoms with Gasteiger partial charge in [-0.25, -0.2) is 4.79 Å². The van der Waals surface area contributed by atoms with Gasteiger partial charge in [-0.05, 0) is 36.4 Å². The van der Waals surface area contributed by atoms with E-state index in [2.05, 4.69) is 9.97 Å². The van der Waals surface area contributed by atoms with Crippen LogP contribution in [0.2, 0.25) is 0 Å². The molecule has 0 aliphatic carbocycles. The van der Waals surface area contributed by atoms with Crippen LogP contribution in [0.1, 0.15) is 22.3 Å². The molecule has 0 bridgehead atoms. The van der Waals surface area contributed by atoms with Gasteiger partial charge < -0.3 is 25.3 Å². The quantitative estimate of drug-likeness (QED) is 0.197. The molecular weight excluding hydrogens is 458 g/mol. The number of hydrogen-bond donors (Lipinski definition) is 3. The first-order valence-electron chi connectivity index (χ1n) is 11.4. The number of amides is 1. The Morgan fingerprint density at radius 2 is 1.72 bits per heavy atom. The standard InChI is InChI=1S/C28H23N3O5/c29-26(32)18-13-14-23(30-16-18)22-10-4-9-20-21(27(31-25(20)22)36-28(33)34)11-5-15-35-24-12-3-7-17-6-1-2-8-19(17)24/h1-4,6-10,12-14,16,31H,5,11,15H2,(H2,29,32)(H,33,34). The number of aromatic amines is 1. The van der Waals surface area contributed by atoms with Crippen LogP contribution < -0.4 is 15.2 Å². The SMILES string of the molecule is NC(=O)c1ccc(-c2cccc3c(CCCOc4cccc5ccccc45)c(OC(=O)O)[nH]c23)nc1. The van der Waals surface area contributed by atoms with Gasteiger partial charge in [0.05, 0.1) is 23.4 Å². The fourth-order valence-electron chi connectivity index (χ4n) is 4.34. The average molecular weight is 482 g/mol. The Kier molecular flexibility index (Phi) is 6.23. The summed E-state index contributed by atoms with van der Waals surface area (Å²) in [5.41, 5.74) is 8.41. The van der Waals surface area contributed by atoms with Crippen LogP contribution in [0.5, 0.6) is 11.6 Å². The number of ether oxygens (including phenoxy) is 2. The molecule has 8 heteroatoms. The van der Waals surface area contributed by atoms with E-state index in [0.29, 0.717) is 36.2 Å². The third-order valence-electron chi connectivity index (χ3n) is 5.99. The van der Waals surface area contributed by atoms with Crippen molar-refractivity contribution >= 4 is 33.7 Å². The lowest BCUT2D eigenvalue weighted by atomic mass is 10.0. The fraction of sp³-hybridized carbons (Fsp3) is 0.107. The molecule has 180 valence electrons. The number of aryl methyl sites for hydroxylation is 1. The van der Waals surface area contributed by atoms with Gasteiger partial charge in [-0.2, -0.15) is 0 Å². The molecule has 0 saturated heterocycles. The molecule has 0 aliphatic heterocycles. The van der Waals surface area contributed by atoms with Gasteiger partial charge in [0.25, 0.3) is 0 Å². The van der Waals surface area contributed by atoms with Crippen LogP contribution in [-0.4, -0.2) is 33.7 Å². The van der Waals surface area contributed by atoms with E-state index in [1.54, 1.807) is 12.1 Å². The second-order valence-corrected chi connectivity index (χ2v) is 8.25. The Morgan fingerprint density at radius 1 is 0.944 bits per heavy atom. The molecule has 1 amide bonds. The number of hydrogen-bond acceptors (Lipinski definition) is 5. The van der Waals surface area contributed by atoms with Crippen molar-refractivity contribution in [1.82, 2.24) is 9.97 Å². The topological polar surface area (TPSA) is 128 Å². The van der Waals surface area contributed by atoms with Crippen LogP contribution in [0.15, 0.2) is 79.0 Å². The van der Waals surface area contributed by atoms with Crippen LogP contribution in [-0.2, 0) is 6.42 Å². The largest absolute Gasteiger partial charge is 0.512 e. The molecule has 0 unspecified atom stereocenters. The van der Waals surface area contributed by atoms with Crippen molar-refractivity contribution in [2.24, 2.45) is 5.73 Å². The molecule has 36 heavy (non-hydrogen) atoms. The number of primary amides is 1. The third kappa shape index (κ3) is 4.56. The molecule has 5 rings (SSSR count). The molecule has 4 N–H and O–H groups in total. The summed E-state index contributed by atoms with van der Waals surface area (Å²) >= 11 is 0. The smallest absolute Gasteiger partial charge is 0.493 e. The lowest BCUT2D eigenvalue weighted by Gasteiger charge is -2.09. The molecule has 8 nitrogen and oxygen atoms in total. The monoisotopic (exact) mass is 481 g/mol. The Hall–Kier alpha value is -4.85. The zero-order chi connectivity index (χ0) is 25.1. The molecule has 3 aromatic carbocycles. The summed E-state index contributed by atoms with van der Waals surface area (Å²) in [4.78, 5) is 30.2. The second-order valence-electron chi connectivity index (χ2n) is 8.25. The van der Waals surface area contributed by atoms with E-state index in [4.69, 9.17) is 15.2 Å². The first-order valence-corrected chi connectivity index (χ1v) is 11.4. The van der Waals surface area contributed by atoms with Crippen molar-refractivity contribution in [3.8, 4) is 22.9 Å². The Labute approximate surface area is 206 Å². The summed E-state index contributed by atoms with van der Waals surface area (Å²) in [6.45, 7) is 0.447. The van der Waals surface area contributed by atoms with Gasteiger partial charge in [-0.3, -0.25) is 9.78 Å². The zero-order valence-electron chi connectivity index (χ0n) is 19.2. The van der Waals surface area contributed by atoms with Crippen LogP contribution in [0.4, 0.5) is 4.79 Å². The predicted molar refractivity (Wildman–Crippen MR) is 136 cm³/mol. The summed E-state index contributed by atoms with van der Waals surface area (Å²) < 4.78 is 11.1. The normalized spacial score (nSPS) is 11.0. The summed E-state index contributed by atoms with van der Waals surface area (Å²) in [5.74, 6) is 0.419. The van der Waals surface area contributed by atoms with E-state index in [1.807, 2.05) is 60.7 Å². The minimum Gasteiger partial charge on any atom is -0.493 e. The van der Waals surface area contributed by atoms with E-state index in [1.165, 1.54) is 6.20 Å². The number of fused-ring (bicyclic) bond motifs is 2. The number of carbonyl (C=O) groups is 2. The zero-order valence-corrected chi connectivity index (χ0v) is 19.2. The number of H-pyrrole nitrogens is 1. The van der Waals surface area contributed by atoms with E-state index in [9.17, 15) is 14.7 Å². The third-order valence-corrected chi connectivity index (χ3v) is 5.99. The highest BCUT2D eigenvalue weighted by molar-refractivity contribution is 5.98. The van der Waals surface area contributed by atoms with Crippen molar-refractivity contribution < 1.29 is 24.2 Å². The molecule has 0 radical (unpaired) electrons. The lowest BCUT2D eigenvalue weighted by Crippen LogP contribution is -2.10. The first-order chi connectivity index (χ1) is 17.5. The summed E-state index contributed by atoms with van der Waals surface area (Å²) in [6, 6.07) is 22.9. The summed E-state index contributed by atoms with van der Waals surface area (Å²) in [7, 11) is 0. The molecule has 0 aliphatic rings. The maximum absolute atomic E-state index is 11.4. The highest BCUT2D eigenvalue weighted by Crippen LogP contribution is 2.35. The number of rotatable bonds is 8. The van der Waals surface area contributed by atoms with Gasteiger partial charge in [0.2, 0.25) is 11.8 Å². The van der Waals surface area contributed by atoms with Crippen molar-refractivity contribution in [2.75, 3.05) is 6.61 Å². The number of aromatic nitrogens is 2. The number of carboxylic acid groups (broad SMARTS) is 1. The molecule has 2 aromatic heterocycles. The maximum Gasteiger partial charge on any atom is 0.512 e. The van der Waals surface area contributed by atoms with Crippen molar-refractivity contribution in [2.45, 2.75) is 12.8 Å². The van der Waals surface area contributed by atoms with E-state index >= 15 is 0 Å². The fourth-order valence-corrected chi connectivity index (χ4v) is 4.34. The Morgan fingerprint density at radius 3 is 2.50 bits per heavy atom. The predicted octanol–water partition coefficient (Wildman–Crippen LogP) is 5.55. The first kappa shape index (κ1) is 22.9. The second kappa shape index (κ2) is 9.79. The van der Waals surface area contributed by atoms with Crippen LogP contribution in [0, 0.1) is 0 Å². The van der Waals surface area contributed by atoms with Crippen LogP contribution in [0.3, 0.4) is 0 Å². The molecule has 0 spiro atoms. The van der Waals surface area contributed by atoms with Crippen LogP contribution >= 0.6 is 0 Å². The van der Waals surface area contributed by atoms with Gasteiger partial charge in [0, 0.05) is 28.1 Å². The van der Waals surface area contributed by atoms with Crippen molar-refractivity contribution in [3.05, 3.63) is 90.1 Å². The number of pyridine rings is 1. The molecule has 5 aromatic rings. The molecule has 0 atom stereocenters. The number of benzene rings is 3. The van der Waals surface area contributed by atoms with Crippen molar-refractivity contribution in [1.29, 1.82) is 0 Å². The maximum atomic E-state index is 11.4. The van der Waals surface area contributed by atoms with Gasteiger partial charge >= 0.3 is 6.16 Å².